The van der Waals surface area contributed by atoms with E-state index >= 15 is 0 Å². The summed E-state index contributed by atoms with van der Waals surface area (Å²) in [6.45, 7) is 0. The molecule has 3 nitrogen and oxygen atoms in total. The van der Waals surface area contributed by atoms with Crippen molar-refractivity contribution in [2.75, 3.05) is 7.11 Å². The third kappa shape index (κ3) is 1.42. The summed E-state index contributed by atoms with van der Waals surface area (Å²) in [6.07, 6.45) is 5.17. The summed E-state index contributed by atoms with van der Waals surface area (Å²) in [5.41, 5.74) is 0.712. The lowest BCUT2D eigenvalue weighted by molar-refractivity contribution is 0.129. The molecule has 16 heavy (non-hydrogen) atoms. The Kier molecular flexibility index (Phi) is 2.36. The first-order chi connectivity index (χ1) is 7.83. The fourth-order valence-corrected chi connectivity index (χ4v) is 3.33. The van der Waals surface area contributed by atoms with Crippen LogP contribution < -0.4 is 4.74 Å². The molecule has 1 heterocycles. The van der Waals surface area contributed by atoms with Gasteiger partial charge in [-0.1, -0.05) is 6.42 Å². The van der Waals surface area contributed by atoms with Crippen molar-refractivity contribution in [3.05, 3.63) is 24.0 Å². The van der Waals surface area contributed by atoms with Gasteiger partial charge < -0.3 is 9.84 Å². The van der Waals surface area contributed by atoms with Crippen LogP contribution >= 0.6 is 0 Å². The van der Waals surface area contributed by atoms with E-state index in [0.717, 1.165) is 11.8 Å². The Balaban J connectivity index is 1.81. The molecule has 1 N–H and O–H groups in total. The molecule has 3 heteroatoms. The zero-order chi connectivity index (χ0) is 11.1. The van der Waals surface area contributed by atoms with Crippen LogP contribution in [0.25, 0.3) is 0 Å². The monoisotopic (exact) mass is 219 g/mol. The van der Waals surface area contributed by atoms with Gasteiger partial charge in [0.25, 0.3) is 0 Å². The second-order valence-electron chi connectivity index (χ2n) is 4.87. The van der Waals surface area contributed by atoms with Gasteiger partial charge in [-0.15, -0.1) is 0 Å². The summed E-state index contributed by atoms with van der Waals surface area (Å²) in [7, 11) is 1.63. The third-order valence-electron chi connectivity index (χ3n) is 4.14. The smallest absolute Gasteiger partial charge is 0.143 e. The maximum absolute atomic E-state index is 10.3. The van der Waals surface area contributed by atoms with Gasteiger partial charge in [0.1, 0.15) is 17.5 Å². The van der Waals surface area contributed by atoms with Gasteiger partial charge in [-0.25, -0.2) is 0 Å². The number of aliphatic hydroxyl groups excluding tert-OH is 1. The van der Waals surface area contributed by atoms with Crippen molar-refractivity contribution < 1.29 is 9.84 Å². The van der Waals surface area contributed by atoms with Crippen LogP contribution in [0.4, 0.5) is 0 Å². The molecule has 3 unspecified atom stereocenters. The van der Waals surface area contributed by atoms with Crippen molar-refractivity contribution in [2.45, 2.75) is 25.4 Å². The van der Waals surface area contributed by atoms with Crippen LogP contribution in [0.2, 0.25) is 0 Å². The summed E-state index contributed by atoms with van der Waals surface area (Å²) >= 11 is 0. The van der Waals surface area contributed by atoms with Crippen molar-refractivity contribution in [1.82, 2.24) is 4.98 Å². The van der Waals surface area contributed by atoms with E-state index in [9.17, 15) is 5.11 Å². The van der Waals surface area contributed by atoms with Crippen LogP contribution in [-0.4, -0.2) is 17.2 Å². The normalized spacial score (nSPS) is 33.2. The van der Waals surface area contributed by atoms with Gasteiger partial charge in [0.2, 0.25) is 0 Å². The van der Waals surface area contributed by atoms with Gasteiger partial charge in [0.15, 0.2) is 0 Å². The lowest BCUT2D eigenvalue weighted by Crippen LogP contribution is -2.08. The van der Waals surface area contributed by atoms with Crippen molar-refractivity contribution in [1.29, 1.82) is 0 Å². The molecule has 2 aliphatic rings. The highest BCUT2D eigenvalue weighted by atomic mass is 16.5. The van der Waals surface area contributed by atoms with E-state index in [1.807, 2.05) is 12.1 Å². The molecule has 1 aromatic rings. The minimum absolute atomic E-state index is 0.428. The van der Waals surface area contributed by atoms with Gasteiger partial charge in [0, 0.05) is 6.20 Å². The van der Waals surface area contributed by atoms with E-state index in [4.69, 9.17) is 4.74 Å². The fourth-order valence-electron chi connectivity index (χ4n) is 3.33. The standard InChI is InChI=1S/C13H17NO2/c1-16-10-6-3-7-14-12(10)13(15)11-8-4-2-5-9(8)11/h3,6-9,11,13,15H,2,4-5H2,1H3. The van der Waals surface area contributed by atoms with E-state index in [0.29, 0.717) is 17.4 Å². The number of aromatic nitrogens is 1. The van der Waals surface area contributed by atoms with Gasteiger partial charge in [-0.3, -0.25) is 4.98 Å². The Bertz CT molecular complexity index is 383. The van der Waals surface area contributed by atoms with E-state index in [1.54, 1.807) is 13.3 Å². The Morgan fingerprint density at radius 3 is 2.88 bits per heavy atom. The Hall–Kier alpha value is -1.09. The summed E-state index contributed by atoms with van der Waals surface area (Å²) in [4.78, 5) is 4.26. The maximum Gasteiger partial charge on any atom is 0.143 e. The SMILES string of the molecule is COc1cccnc1C(O)C1C2CCCC21. The zero-order valence-corrected chi connectivity index (χ0v) is 9.47. The summed E-state index contributed by atoms with van der Waals surface area (Å²) in [5.74, 6) is 2.61. The maximum atomic E-state index is 10.3. The van der Waals surface area contributed by atoms with Crippen LogP contribution in [0.1, 0.15) is 31.1 Å². The topological polar surface area (TPSA) is 42.4 Å². The molecule has 0 bridgehead atoms. The molecule has 3 atom stereocenters. The molecule has 0 spiro atoms. The van der Waals surface area contributed by atoms with Crippen molar-refractivity contribution in [3.63, 3.8) is 0 Å². The lowest BCUT2D eigenvalue weighted by Gasteiger charge is -2.14. The number of pyridine rings is 1. The molecule has 3 rings (SSSR count). The summed E-state index contributed by atoms with van der Waals surface area (Å²) in [5, 5.41) is 10.3. The molecule has 0 aliphatic heterocycles. The Morgan fingerprint density at radius 2 is 2.19 bits per heavy atom. The molecule has 0 radical (unpaired) electrons. The van der Waals surface area contributed by atoms with Crippen molar-refractivity contribution in [2.24, 2.45) is 17.8 Å². The second kappa shape index (κ2) is 3.74. The molecule has 0 aromatic carbocycles. The molecule has 2 fully saturated rings. The number of hydrogen-bond donors (Lipinski definition) is 1. The quantitative estimate of drug-likeness (QED) is 0.847. The first kappa shape index (κ1) is 10.1. The summed E-state index contributed by atoms with van der Waals surface area (Å²) < 4.78 is 5.24. The van der Waals surface area contributed by atoms with Crippen molar-refractivity contribution >= 4 is 0 Å². The van der Waals surface area contributed by atoms with Gasteiger partial charge in [-0.2, -0.15) is 0 Å². The number of methoxy groups -OCH3 is 1. The van der Waals surface area contributed by atoms with E-state index in [2.05, 4.69) is 4.98 Å². The predicted molar refractivity (Wildman–Crippen MR) is 60.1 cm³/mol. The highest BCUT2D eigenvalue weighted by Crippen LogP contribution is 2.62. The second-order valence-corrected chi connectivity index (χ2v) is 4.87. The summed E-state index contributed by atoms with van der Waals surface area (Å²) in [6, 6.07) is 3.70. The van der Waals surface area contributed by atoms with E-state index in [1.165, 1.54) is 19.3 Å². The highest BCUT2D eigenvalue weighted by molar-refractivity contribution is 5.30. The highest BCUT2D eigenvalue weighted by Gasteiger charge is 2.56. The van der Waals surface area contributed by atoms with Gasteiger partial charge in [-0.05, 0) is 42.7 Å². The zero-order valence-electron chi connectivity index (χ0n) is 9.47. The molecule has 2 aliphatic carbocycles. The lowest BCUT2D eigenvalue weighted by atomic mass is 10.0. The van der Waals surface area contributed by atoms with Crippen molar-refractivity contribution in [3.8, 4) is 5.75 Å². The number of nitrogens with zero attached hydrogens (tertiary/aromatic N) is 1. The van der Waals surface area contributed by atoms with Gasteiger partial charge in [0.05, 0.1) is 7.11 Å². The van der Waals surface area contributed by atoms with E-state index in [-0.39, 0.29) is 0 Å². The Morgan fingerprint density at radius 1 is 1.44 bits per heavy atom. The van der Waals surface area contributed by atoms with Gasteiger partial charge >= 0.3 is 0 Å². The van der Waals surface area contributed by atoms with E-state index < -0.39 is 6.10 Å². The van der Waals surface area contributed by atoms with Crippen LogP contribution in [0.15, 0.2) is 18.3 Å². The minimum atomic E-state index is -0.438. The van der Waals surface area contributed by atoms with Crippen LogP contribution in [0, 0.1) is 17.8 Å². The predicted octanol–water partition coefficient (Wildman–Crippen LogP) is 2.17. The number of aliphatic hydroxyl groups is 1. The minimum Gasteiger partial charge on any atom is -0.495 e. The Labute approximate surface area is 95.5 Å². The first-order valence-electron chi connectivity index (χ1n) is 6.00. The van der Waals surface area contributed by atoms with Crippen LogP contribution in [0.5, 0.6) is 5.75 Å². The molecular weight excluding hydrogens is 202 g/mol. The third-order valence-corrected chi connectivity index (χ3v) is 4.14. The first-order valence-corrected chi connectivity index (χ1v) is 6.00. The molecule has 86 valence electrons. The average molecular weight is 219 g/mol. The molecule has 2 saturated carbocycles. The number of hydrogen-bond acceptors (Lipinski definition) is 3. The fraction of sp³-hybridized carbons (Fsp3) is 0.615. The molecule has 0 amide bonds. The molecule has 0 saturated heterocycles. The number of rotatable bonds is 3. The van der Waals surface area contributed by atoms with Crippen LogP contribution in [0.3, 0.4) is 0 Å². The largest absolute Gasteiger partial charge is 0.495 e. The van der Waals surface area contributed by atoms with Crippen LogP contribution in [-0.2, 0) is 0 Å². The molecular formula is C13H17NO2. The average Bonchev–Trinajstić information content (AvgIpc) is 2.81. The molecule has 1 aromatic heterocycles. The number of fused-ring (bicyclic) bond motifs is 1. The number of ether oxygens (including phenoxy) is 1.